The van der Waals surface area contributed by atoms with E-state index >= 15 is 0 Å². The van der Waals surface area contributed by atoms with Crippen molar-refractivity contribution in [3.63, 3.8) is 0 Å². The third kappa shape index (κ3) is 4.16. The van der Waals surface area contributed by atoms with E-state index in [0.717, 1.165) is 4.70 Å². The first kappa shape index (κ1) is 15.2. The number of hydrogen-bond donors (Lipinski definition) is 2. The predicted octanol–water partition coefficient (Wildman–Crippen LogP) is 3.02. The summed E-state index contributed by atoms with van der Waals surface area (Å²) in [5, 5.41) is 12.3. The van der Waals surface area contributed by atoms with Crippen LogP contribution in [0.4, 0.5) is 4.79 Å². The molecule has 112 valence electrons. The van der Waals surface area contributed by atoms with Gasteiger partial charge in [0, 0.05) is 0 Å². The van der Waals surface area contributed by atoms with Crippen LogP contribution in [0, 0.1) is 0 Å². The van der Waals surface area contributed by atoms with E-state index in [-0.39, 0.29) is 12.1 Å². The molecule has 2 N–H and O–H groups in total. The Kier molecular flexibility index (Phi) is 4.13. The fourth-order valence-electron chi connectivity index (χ4n) is 1.64. The highest BCUT2D eigenvalue weighted by molar-refractivity contribution is 7.18. The molecule has 2 aromatic rings. The summed E-state index contributed by atoms with van der Waals surface area (Å²) in [5.41, 5.74) is 0.387. The number of thiazole rings is 1. The summed E-state index contributed by atoms with van der Waals surface area (Å²) in [6.45, 7) is 5.61. The van der Waals surface area contributed by atoms with Gasteiger partial charge in [-0.25, -0.2) is 14.6 Å². The van der Waals surface area contributed by atoms with E-state index in [1.54, 1.807) is 32.9 Å². The van der Waals surface area contributed by atoms with E-state index in [4.69, 9.17) is 9.84 Å². The van der Waals surface area contributed by atoms with Crippen molar-refractivity contribution < 1.29 is 19.4 Å². The Morgan fingerprint density at radius 3 is 2.71 bits per heavy atom. The van der Waals surface area contributed by atoms with Crippen molar-refractivity contribution in [2.45, 2.75) is 32.9 Å². The van der Waals surface area contributed by atoms with Gasteiger partial charge in [0.05, 0.1) is 22.3 Å². The molecule has 0 unspecified atom stereocenters. The number of fused-ring (bicyclic) bond motifs is 1. The van der Waals surface area contributed by atoms with E-state index in [1.807, 2.05) is 0 Å². The standard InChI is InChI=1S/C14H16N2O4S/c1-14(2,3)20-13(19)15-7-11-16-9-5-4-8(12(17)18)6-10(9)21-11/h4-6H,7H2,1-3H3,(H,15,19)(H,17,18). The van der Waals surface area contributed by atoms with Gasteiger partial charge in [0.15, 0.2) is 0 Å². The van der Waals surface area contributed by atoms with Gasteiger partial charge in [0.2, 0.25) is 0 Å². The number of nitrogens with zero attached hydrogens (tertiary/aromatic N) is 1. The number of carboxylic acid groups (broad SMARTS) is 1. The molecule has 1 aromatic heterocycles. The third-order valence-corrected chi connectivity index (χ3v) is 3.48. The number of hydrogen-bond acceptors (Lipinski definition) is 5. The van der Waals surface area contributed by atoms with Crippen molar-refractivity contribution in [1.29, 1.82) is 0 Å². The van der Waals surface area contributed by atoms with Crippen molar-refractivity contribution in [1.82, 2.24) is 10.3 Å². The van der Waals surface area contributed by atoms with Crippen LogP contribution in [0.5, 0.6) is 0 Å². The minimum absolute atomic E-state index is 0.220. The molecule has 0 saturated heterocycles. The molecule has 0 aliphatic rings. The Morgan fingerprint density at radius 2 is 2.10 bits per heavy atom. The zero-order chi connectivity index (χ0) is 15.6. The summed E-state index contributed by atoms with van der Waals surface area (Å²) in [7, 11) is 0. The third-order valence-electron chi connectivity index (χ3n) is 2.46. The number of ether oxygens (including phenoxy) is 1. The van der Waals surface area contributed by atoms with Crippen LogP contribution in [-0.4, -0.2) is 27.8 Å². The molecular weight excluding hydrogens is 292 g/mol. The van der Waals surface area contributed by atoms with Crippen molar-refractivity contribution in [2.75, 3.05) is 0 Å². The second-order valence-electron chi connectivity index (χ2n) is 5.45. The minimum atomic E-state index is -0.973. The second-order valence-corrected chi connectivity index (χ2v) is 6.57. The number of carboxylic acids is 1. The number of aromatic carboxylic acids is 1. The van der Waals surface area contributed by atoms with Crippen LogP contribution in [0.1, 0.15) is 36.1 Å². The smallest absolute Gasteiger partial charge is 0.408 e. The maximum Gasteiger partial charge on any atom is 0.408 e. The fraction of sp³-hybridized carbons (Fsp3) is 0.357. The summed E-state index contributed by atoms with van der Waals surface area (Å²) >= 11 is 1.34. The zero-order valence-electron chi connectivity index (χ0n) is 12.0. The van der Waals surface area contributed by atoms with Gasteiger partial charge < -0.3 is 15.2 Å². The maximum atomic E-state index is 11.6. The van der Waals surface area contributed by atoms with Gasteiger partial charge in [0.1, 0.15) is 10.6 Å². The SMILES string of the molecule is CC(C)(C)OC(=O)NCc1nc2ccc(C(=O)O)cc2s1. The number of carbonyl (C=O) groups excluding carboxylic acids is 1. The number of carbonyl (C=O) groups is 2. The largest absolute Gasteiger partial charge is 0.478 e. The molecule has 1 aromatic carbocycles. The molecule has 0 aliphatic heterocycles. The Balaban J connectivity index is 2.06. The quantitative estimate of drug-likeness (QED) is 0.910. The fourth-order valence-corrected chi connectivity index (χ4v) is 2.59. The monoisotopic (exact) mass is 308 g/mol. The summed E-state index contributed by atoms with van der Waals surface area (Å²) in [6.07, 6.45) is -0.506. The molecular formula is C14H16N2O4S. The van der Waals surface area contributed by atoms with Crippen LogP contribution in [0.3, 0.4) is 0 Å². The Morgan fingerprint density at radius 1 is 1.38 bits per heavy atom. The van der Waals surface area contributed by atoms with E-state index in [2.05, 4.69) is 10.3 Å². The molecule has 0 aliphatic carbocycles. The van der Waals surface area contributed by atoms with Crippen molar-refractivity contribution >= 4 is 33.6 Å². The summed E-state index contributed by atoms with van der Waals surface area (Å²) in [6, 6.07) is 4.74. The van der Waals surface area contributed by atoms with Gasteiger partial charge in [-0.05, 0) is 39.0 Å². The molecule has 0 spiro atoms. The van der Waals surface area contributed by atoms with E-state index < -0.39 is 17.7 Å². The second kappa shape index (κ2) is 5.69. The number of aromatic nitrogens is 1. The van der Waals surface area contributed by atoms with Crippen molar-refractivity contribution in [3.05, 3.63) is 28.8 Å². The number of rotatable bonds is 3. The average Bonchev–Trinajstić information content (AvgIpc) is 2.75. The highest BCUT2D eigenvalue weighted by Crippen LogP contribution is 2.23. The summed E-state index contributed by atoms with van der Waals surface area (Å²) in [4.78, 5) is 26.8. The maximum absolute atomic E-state index is 11.6. The first-order valence-electron chi connectivity index (χ1n) is 6.34. The lowest BCUT2D eigenvalue weighted by Crippen LogP contribution is -2.32. The van der Waals surface area contributed by atoms with Gasteiger partial charge in [-0.3, -0.25) is 0 Å². The molecule has 0 bridgehead atoms. The number of amides is 1. The lowest BCUT2D eigenvalue weighted by Gasteiger charge is -2.19. The van der Waals surface area contributed by atoms with Crippen LogP contribution >= 0.6 is 11.3 Å². The van der Waals surface area contributed by atoms with Gasteiger partial charge in [0.25, 0.3) is 0 Å². The average molecular weight is 308 g/mol. The van der Waals surface area contributed by atoms with Crippen LogP contribution in [0.25, 0.3) is 10.2 Å². The molecule has 21 heavy (non-hydrogen) atoms. The number of benzene rings is 1. The molecule has 7 heteroatoms. The Hall–Kier alpha value is -2.15. The van der Waals surface area contributed by atoms with Crippen LogP contribution in [0.2, 0.25) is 0 Å². The lowest BCUT2D eigenvalue weighted by atomic mass is 10.2. The summed E-state index contributed by atoms with van der Waals surface area (Å²) in [5.74, 6) is -0.973. The lowest BCUT2D eigenvalue weighted by molar-refractivity contribution is 0.0523. The minimum Gasteiger partial charge on any atom is -0.478 e. The molecule has 2 rings (SSSR count). The van der Waals surface area contributed by atoms with Gasteiger partial charge in [-0.1, -0.05) is 0 Å². The van der Waals surface area contributed by atoms with Crippen LogP contribution in [-0.2, 0) is 11.3 Å². The summed E-state index contributed by atoms with van der Waals surface area (Å²) < 4.78 is 5.91. The Bertz CT molecular complexity index is 688. The highest BCUT2D eigenvalue weighted by Gasteiger charge is 2.16. The normalized spacial score (nSPS) is 11.4. The molecule has 0 atom stereocenters. The molecule has 0 fully saturated rings. The first-order chi connectivity index (χ1) is 9.74. The highest BCUT2D eigenvalue weighted by atomic mass is 32.1. The van der Waals surface area contributed by atoms with Crippen LogP contribution < -0.4 is 5.32 Å². The van der Waals surface area contributed by atoms with Crippen molar-refractivity contribution in [2.24, 2.45) is 0 Å². The topological polar surface area (TPSA) is 88.5 Å². The van der Waals surface area contributed by atoms with E-state index in [0.29, 0.717) is 10.5 Å². The molecule has 1 amide bonds. The first-order valence-corrected chi connectivity index (χ1v) is 7.16. The predicted molar refractivity (Wildman–Crippen MR) is 79.7 cm³/mol. The van der Waals surface area contributed by atoms with Gasteiger partial charge in [-0.2, -0.15) is 0 Å². The molecule has 6 nitrogen and oxygen atoms in total. The molecule has 0 saturated carbocycles. The van der Waals surface area contributed by atoms with Crippen molar-refractivity contribution in [3.8, 4) is 0 Å². The zero-order valence-corrected chi connectivity index (χ0v) is 12.8. The Labute approximate surface area is 125 Å². The number of nitrogens with one attached hydrogen (secondary N) is 1. The van der Waals surface area contributed by atoms with E-state index in [9.17, 15) is 9.59 Å². The molecule has 1 heterocycles. The van der Waals surface area contributed by atoms with Crippen LogP contribution in [0.15, 0.2) is 18.2 Å². The van der Waals surface area contributed by atoms with Gasteiger partial charge in [-0.15, -0.1) is 11.3 Å². The van der Waals surface area contributed by atoms with Gasteiger partial charge >= 0.3 is 12.1 Å². The van der Waals surface area contributed by atoms with E-state index in [1.165, 1.54) is 17.4 Å². The molecule has 0 radical (unpaired) electrons. The number of alkyl carbamates (subject to hydrolysis) is 1.